The normalized spacial score (nSPS) is 32.0. The molecule has 76 valence electrons. The van der Waals surface area contributed by atoms with Crippen molar-refractivity contribution in [2.75, 3.05) is 13.6 Å². The van der Waals surface area contributed by atoms with Crippen LogP contribution in [0.25, 0.3) is 0 Å². The first-order valence-electron chi connectivity index (χ1n) is 4.84. The summed E-state index contributed by atoms with van der Waals surface area (Å²) in [6.45, 7) is 0.651. The number of hydroxylamine groups is 3. The van der Waals surface area contributed by atoms with Crippen LogP contribution in [-0.4, -0.2) is 18.2 Å². The second kappa shape index (κ2) is 3.22. The number of likely N-dealkylation sites (tertiary alicyclic amines) is 1. The molecule has 2 atom stereocenters. The SMILES string of the molecule is C[N+]1([O-])CCCC1c1ccc[n+]([O-])c1. The number of nitrogens with zero attached hydrogens (tertiary/aromatic N) is 2. The van der Waals surface area contributed by atoms with E-state index in [4.69, 9.17) is 0 Å². The molecule has 2 rings (SSSR count). The molecule has 2 unspecified atom stereocenters. The molecular formula is C10H14N2O2. The Balaban J connectivity index is 2.31. The average molecular weight is 194 g/mol. The van der Waals surface area contributed by atoms with Crippen molar-refractivity contribution in [3.63, 3.8) is 0 Å². The van der Waals surface area contributed by atoms with E-state index in [2.05, 4.69) is 0 Å². The number of rotatable bonds is 1. The van der Waals surface area contributed by atoms with Crippen LogP contribution in [0, 0.1) is 10.4 Å². The molecule has 14 heavy (non-hydrogen) atoms. The van der Waals surface area contributed by atoms with Crippen molar-refractivity contribution in [2.45, 2.75) is 18.9 Å². The zero-order valence-corrected chi connectivity index (χ0v) is 8.22. The molecule has 0 amide bonds. The van der Waals surface area contributed by atoms with E-state index in [0.29, 0.717) is 6.54 Å². The Bertz CT molecular complexity index is 339. The monoisotopic (exact) mass is 194 g/mol. The van der Waals surface area contributed by atoms with Gasteiger partial charge >= 0.3 is 0 Å². The first kappa shape index (κ1) is 9.43. The standard InChI is InChI=1S/C10H14N2O2/c1-12(14)7-3-5-10(12)9-4-2-6-11(13)8-9/h2,4,6,8,10H,3,5,7H2,1H3. The van der Waals surface area contributed by atoms with Gasteiger partial charge in [-0.1, -0.05) is 0 Å². The van der Waals surface area contributed by atoms with Gasteiger partial charge in [-0.2, -0.15) is 4.73 Å². The maximum atomic E-state index is 12.0. The van der Waals surface area contributed by atoms with Crippen molar-refractivity contribution in [3.8, 4) is 0 Å². The number of quaternary nitrogens is 1. The summed E-state index contributed by atoms with van der Waals surface area (Å²) in [5.74, 6) is 0. The zero-order chi connectivity index (χ0) is 10.2. The second-order valence-corrected chi connectivity index (χ2v) is 4.05. The van der Waals surface area contributed by atoms with Gasteiger partial charge in [0.25, 0.3) is 0 Å². The fourth-order valence-electron chi connectivity index (χ4n) is 2.18. The lowest BCUT2D eigenvalue weighted by molar-refractivity contribution is -0.879. The maximum absolute atomic E-state index is 12.0. The topological polar surface area (TPSA) is 50.0 Å². The molecule has 0 radical (unpaired) electrons. The van der Waals surface area contributed by atoms with Crippen LogP contribution in [0.1, 0.15) is 24.4 Å². The zero-order valence-electron chi connectivity index (χ0n) is 8.22. The summed E-state index contributed by atoms with van der Waals surface area (Å²) in [6.07, 6.45) is 4.76. The van der Waals surface area contributed by atoms with E-state index in [-0.39, 0.29) is 10.7 Å². The highest BCUT2D eigenvalue weighted by molar-refractivity contribution is 5.10. The number of hydrogen-bond acceptors (Lipinski definition) is 2. The van der Waals surface area contributed by atoms with Crippen molar-refractivity contribution < 1.29 is 9.38 Å². The second-order valence-electron chi connectivity index (χ2n) is 4.05. The lowest BCUT2D eigenvalue weighted by Crippen LogP contribution is -2.37. The van der Waals surface area contributed by atoms with Gasteiger partial charge in [-0.15, -0.1) is 0 Å². The molecule has 1 fully saturated rings. The third-order valence-electron chi connectivity index (χ3n) is 2.92. The summed E-state index contributed by atoms with van der Waals surface area (Å²) in [6, 6.07) is 3.50. The first-order chi connectivity index (χ1) is 6.59. The Morgan fingerprint density at radius 2 is 2.36 bits per heavy atom. The molecule has 2 heterocycles. The average Bonchev–Trinajstić information content (AvgIpc) is 2.45. The van der Waals surface area contributed by atoms with Crippen LogP contribution in [0.2, 0.25) is 0 Å². The third kappa shape index (κ3) is 1.58. The van der Waals surface area contributed by atoms with E-state index in [9.17, 15) is 10.4 Å². The van der Waals surface area contributed by atoms with E-state index in [1.165, 1.54) is 12.4 Å². The first-order valence-corrected chi connectivity index (χ1v) is 4.84. The molecule has 0 aromatic carbocycles. The molecule has 1 aromatic rings. The van der Waals surface area contributed by atoms with E-state index in [1.807, 2.05) is 6.07 Å². The molecule has 0 bridgehead atoms. The molecule has 1 aromatic heterocycles. The maximum Gasteiger partial charge on any atom is 0.189 e. The molecule has 0 saturated carbocycles. The molecule has 1 aliphatic heterocycles. The van der Waals surface area contributed by atoms with Crippen LogP contribution in [0.5, 0.6) is 0 Å². The number of pyridine rings is 1. The van der Waals surface area contributed by atoms with Gasteiger partial charge in [0.15, 0.2) is 12.4 Å². The minimum atomic E-state index is -0.246. The van der Waals surface area contributed by atoms with Gasteiger partial charge < -0.3 is 15.1 Å². The Morgan fingerprint density at radius 1 is 1.57 bits per heavy atom. The van der Waals surface area contributed by atoms with E-state index in [1.54, 1.807) is 13.1 Å². The summed E-state index contributed by atoms with van der Waals surface area (Å²) in [7, 11) is 1.68. The van der Waals surface area contributed by atoms with Crippen LogP contribution in [0.15, 0.2) is 24.5 Å². The van der Waals surface area contributed by atoms with Crippen LogP contribution in [0.4, 0.5) is 0 Å². The van der Waals surface area contributed by atoms with E-state index < -0.39 is 0 Å². The largest absolute Gasteiger partial charge is 0.633 e. The number of aromatic nitrogens is 1. The molecule has 4 nitrogen and oxygen atoms in total. The van der Waals surface area contributed by atoms with Crippen LogP contribution in [-0.2, 0) is 0 Å². The minimum absolute atomic E-state index is 0.0589. The van der Waals surface area contributed by atoms with Gasteiger partial charge in [-0.3, -0.25) is 0 Å². The van der Waals surface area contributed by atoms with Crippen molar-refractivity contribution in [3.05, 3.63) is 40.5 Å². The number of hydrogen-bond donors (Lipinski definition) is 0. The Kier molecular flexibility index (Phi) is 2.17. The van der Waals surface area contributed by atoms with Gasteiger partial charge in [0.1, 0.15) is 6.04 Å². The van der Waals surface area contributed by atoms with Crippen molar-refractivity contribution in [1.29, 1.82) is 0 Å². The van der Waals surface area contributed by atoms with Crippen molar-refractivity contribution >= 4 is 0 Å². The summed E-state index contributed by atoms with van der Waals surface area (Å²) in [5, 5.41) is 23.0. The minimum Gasteiger partial charge on any atom is -0.633 e. The van der Waals surface area contributed by atoms with Crippen LogP contribution >= 0.6 is 0 Å². The van der Waals surface area contributed by atoms with Crippen molar-refractivity contribution in [1.82, 2.24) is 0 Å². The Labute approximate surface area is 83.1 Å². The van der Waals surface area contributed by atoms with Crippen molar-refractivity contribution in [2.24, 2.45) is 0 Å². The smallest absolute Gasteiger partial charge is 0.189 e. The van der Waals surface area contributed by atoms with E-state index in [0.717, 1.165) is 23.1 Å². The quantitative estimate of drug-likeness (QED) is 0.382. The highest BCUT2D eigenvalue weighted by atomic mass is 16.5. The lowest BCUT2D eigenvalue weighted by Gasteiger charge is -2.39. The lowest BCUT2D eigenvalue weighted by atomic mass is 10.1. The molecule has 0 aliphatic carbocycles. The fraction of sp³-hybridized carbons (Fsp3) is 0.500. The summed E-state index contributed by atoms with van der Waals surface area (Å²) in [4.78, 5) is 0. The van der Waals surface area contributed by atoms with Crippen LogP contribution < -0.4 is 4.73 Å². The van der Waals surface area contributed by atoms with Gasteiger partial charge in [0.2, 0.25) is 0 Å². The Hall–Kier alpha value is -1.13. The summed E-state index contributed by atoms with van der Waals surface area (Å²) < 4.78 is 0.512. The predicted octanol–water partition coefficient (Wildman–Crippen LogP) is 1.10. The van der Waals surface area contributed by atoms with Gasteiger partial charge in [0.05, 0.1) is 19.2 Å². The molecule has 0 spiro atoms. The summed E-state index contributed by atoms with van der Waals surface area (Å²) >= 11 is 0. The predicted molar refractivity (Wildman–Crippen MR) is 51.8 cm³/mol. The fourth-order valence-corrected chi connectivity index (χ4v) is 2.18. The molecule has 4 heteroatoms. The van der Waals surface area contributed by atoms with Gasteiger partial charge in [-0.05, 0) is 6.07 Å². The highest BCUT2D eigenvalue weighted by Gasteiger charge is 2.33. The molecule has 1 saturated heterocycles. The third-order valence-corrected chi connectivity index (χ3v) is 2.92. The highest BCUT2D eigenvalue weighted by Crippen LogP contribution is 2.35. The van der Waals surface area contributed by atoms with Gasteiger partial charge in [0, 0.05) is 18.9 Å². The molecular weight excluding hydrogens is 180 g/mol. The molecule has 0 N–H and O–H groups in total. The van der Waals surface area contributed by atoms with Gasteiger partial charge in [-0.25, -0.2) is 0 Å². The van der Waals surface area contributed by atoms with E-state index >= 15 is 0 Å². The molecule has 1 aliphatic rings. The Morgan fingerprint density at radius 3 is 2.93 bits per heavy atom. The summed E-state index contributed by atoms with van der Waals surface area (Å²) in [5.41, 5.74) is 0.859. The van der Waals surface area contributed by atoms with Crippen LogP contribution in [0.3, 0.4) is 0 Å².